The molecule has 1 unspecified atom stereocenters. The van der Waals surface area contributed by atoms with Gasteiger partial charge in [-0.25, -0.2) is 4.79 Å². The van der Waals surface area contributed by atoms with Crippen LogP contribution in [0.4, 0.5) is 4.79 Å². The molecule has 1 aromatic rings. The van der Waals surface area contributed by atoms with E-state index in [0.29, 0.717) is 5.92 Å². The average molecular weight is 619 g/mol. The minimum absolute atomic E-state index is 0.160. The number of carbonyl (C=O) groups is 1. The zero-order valence-corrected chi connectivity index (χ0v) is 29.4. The summed E-state index contributed by atoms with van der Waals surface area (Å²) in [5, 5.41) is 4.08. The van der Waals surface area contributed by atoms with Gasteiger partial charge in [-0.05, 0) is 115 Å². The van der Waals surface area contributed by atoms with Crippen molar-refractivity contribution in [2.75, 3.05) is 46.3 Å². The van der Waals surface area contributed by atoms with Crippen LogP contribution in [0.5, 0.6) is 0 Å². The Morgan fingerprint density at radius 1 is 1.12 bits per heavy atom. The number of ether oxygens (including phenoxy) is 1. The second-order valence-electron chi connectivity index (χ2n) is 11.9. The van der Waals surface area contributed by atoms with Crippen molar-refractivity contribution in [2.24, 2.45) is 5.73 Å². The van der Waals surface area contributed by atoms with E-state index in [1.807, 2.05) is 58.9 Å². The second kappa shape index (κ2) is 24.1. The first-order valence-electron chi connectivity index (χ1n) is 16.3. The molecule has 0 saturated carbocycles. The number of hydrogen-bond acceptors (Lipinski definition) is 5. The molecule has 43 heavy (non-hydrogen) atoms. The first kappa shape index (κ1) is 40.7. The number of likely N-dealkylation sites (tertiary alicyclic amines) is 1. The molecular formula is C36H63ClN4O2. The molecule has 2 aliphatic heterocycles. The van der Waals surface area contributed by atoms with Crippen LogP contribution in [-0.2, 0) is 4.74 Å². The van der Waals surface area contributed by atoms with Gasteiger partial charge >= 0.3 is 6.09 Å². The fourth-order valence-corrected chi connectivity index (χ4v) is 4.97. The summed E-state index contributed by atoms with van der Waals surface area (Å²) >= 11 is 6.05. The number of hydrogen-bond donors (Lipinski definition) is 2. The molecule has 2 heterocycles. The van der Waals surface area contributed by atoms with Gasteiger partial charge in [0.1, 0.15) is 5.60 Å². The summed E-state index contributed by atoms with van der Waals surface area (Å²) in [4.78, 5) is 15.6. The molecule has 0 spiro atoms. The van der Waals surface area contributed by atoms with Crippen LogP contribution in [0.15, 0.2) is 54.8 Å². The van der Waals surface area contributed by atoms with Crippen LogP contribution in [0.25, 0.3) is 0 Å². The van der Waals surface area contributed by atoms with Gasteiger partial charge in [0.05, 0.1) is 0 Å². The Morgan fingerprint density at radius 3 is 2.21 bits per heavy atom. The average Bonchev–Trinajstić information content (AvgIpc) is 2.99. The molecule has 3 N–H and O–H groups in total. The van der Waals surface area contributed by atoms with Crippen molar-refractivity contribution in [2.45, 2.75) is 105 Å². The number of benzene rings is 1. The van der Waals surface area contributed by atoms with Crippen molar-refractivity contribution in [3.63, 3.8) is 0 Å². The third-order valence-corrected chi connectivity index (χ3v) is 7.37. The van der Waals surface area contributed by atoms with Gasteiger partial charge in [-0.1, -0.05) is 68.8 Å². The van der Waals surface area contributed by atoms with Crippen molar-refractivity contribution >= 4 is 17.7 Å². The molecule has 2 saturated heterocycles. The number of halogens is 1. The van der Waals surface area contributed by atoms with E-state index in [4.69, 9.17) is 22.1 Å². The van der Waals surface area contributed by atoms with Crippen molar-refractivity contribution in [1.82, 2.24) is 15.1 Å². The van der Waals surface area contributed by atoms with Crippen LogP contribution >= 0.6 is 11.6 Å². The Kier molecular flexibility index (Phi) is 22.8. The van der Waals surface area contributed by atoms with E-state index < -0.39 is 0 Å². The van der Waals surface area contributed by atoms with E-state index in [1.54, 1.807) is 11.1 Å². The smallest absolute Gasteiger partial charge is 0.410 e. The number of likely N-dealkylation sites (N-methyl/N-ethyl adjacent to an activating group) is 1. The summed E-state index contributed by atoms with van der Waals surface area (Å²) in [6, 6.07) is 6.18. The monoisotopic (exact) mass is 618 g/mol. The number of rotatable bonds is 8. The van der Waals surface area contributed by atoms with Gasteiger partial charge in [0.2, 0.25) is 0 Å². The highest BCUT2D eigenvalue weighted by atomic mass is 35.5. The fourth-order valence-electron chi connectivity index (χ4n) is 4.75. The molecule has 2 fully saturated rings. The number of unbranched alkanes of at least 4 members (excludes halogenated alkanes) is 1. The lowest BCUT2D eigenvalue weighted by atomic mass is 9.87. The molecule has 0 aromatic heterocycles. The van der Waals surface area contributed by atoms with E-state index in [-0.39, 0.29) is 11.7 Å². The van der Waals surface area contributed by atoms with Crippen LogP contribution < -0.4 is 11.1 Å². The van der Waals surface area contributed by atoms with Crippen LogP contribution in [0.1, 0.15) is 104 Å². The van der Waals surface area contributed by atoms with Crippen molar-refractivity contribution in [3.05, 3.63) is 70.9 Å². The van der Waals surface area contributed by atoms with Crippen molar-refractivity contribution in [1.29, 1.82) is 0 Å². The van der Waals surface area contributed by atoms with Crippen LogP contribution in [0.2, 0.25) is 5.02 Å². The largest absolute Gasteiger partial charge is 0.444 e. The first-order chi connectivity index (χ1) is 20.5. The van der Waals surface area contributed by atoms with Gasteiger partial charge in [-0.2, -0.15) is 0 Å². The van der Waals surface area contributed by atoms with Gasteiger partial charge in [0.15, 0.2) is 0 Å². The van der Waals surface area contributed by atoms with Gasteiger partial charge in [-0.15, -0.1) is 0 Å². The van der Waals surface area contributed by atoms with E-state index in [1.165, 1.54) is 36.2 Å². The Bertz CT molecular complexity index is 943. The van der Waals surface area contributed by atoms with Crippen LogP contribution in [-0.4, -0.2) is 67.8 Å². The summed E-state index contributed by atoms with van der Waals surface area (Å²) in [5.41, 5.74) is 8.95. The predicted octanol–water partition coefficient (Wildman–Crippen LogP) is 8.85. The van der Waals surface area contributed by atoms with Crippen molar-refractivity contribution < 1.29 is 9.53 Å². The number of amides is 1. The molecule has 2 aliphatic rings. The predicted molar refractivity (Wildman–Crippen MR) is 188 cm³/mol. The molecule has 6 nitrogen and oxygen atoms in total. The molecule has 1 aromatic carbocycles. The topological polar surface area (TPSA) is 70.8 Å². The zero-order valence-electron chi connectivity index (χ0n) is 28.7. The standard InChI is InChI=1S/C19H26ClN.C10H19NO2.C5H12N2.C2H6/c1-4-16(9-7-6-8-12-21)14-17(5-2)19-11-10-18(20)13-15(19)3;1-10(2,3)13-9(12)11-7-5-4-6-8-11;1-7-4-2-6-3-5-7;1-2/h4,8-13,17H,1,5-7,14,21H2,2-3H3;4-8H2,1-3H3;6H,2-5H2,1H3;1-2H3/b12-8-,16-9-;;;. The fraction of sp³-hybridized carbons (Fsp3) is 0.639. The van der Waals surface area contributed by atoms with E-state index in [9.17, 15) is 4.79 Å². The first-order valence-corrected chi connectivity index (χ1v) is 16.7. The number of nitrogens with one attached hydrogen (secondary N) is 1. The summed E-state index contributed by atoms with van der Waals surface area (Å²) in [6.07, 6.45) is 15.2. The zero-order chi connectivity index (χ0) is 32.7. The van der Waals surface area contributed by atoms with Gasteiger partial charge in [0.25, 0.3) is 0 Å². The van der Waals surface area contributed by atoms with E-state index in [2.05, 4.69) is 49.8 Å². The lowest BCUT2D eigenvalue weighted by Crippen LogP contribution is -2.40. The maximum Gasteiger partial charge on any atom is 0.410 e. The number of nitrogens with two attached hydrogens (primary N) is 1. The normalized spacial score (nSPS) is 16.5. The summed E-state index contributed by atoms with van der Waals surface area (Å²) in [6.45, 7) is 24.5. The van der Waals surface area contributed by atoms with Crippen LogP contribution in [0.3, 0.4) is 0 Å². The Hall–Kier alpha value is -2.28. The molecule has 0 aliphatic carbocycles. The maximum absolute atomic E-state index is 11.5. The Balaban J connectivity index is 0.000000675. The third kappa shape index (κ3) is 19.6. The maximum atomic E-state index is 11.5. The number of aryl methyl sites for hydroxylation is 1. The van der Waals surface area contributed by atoms with Crippen LogP contribution in [0, 0.1) is 6.92 Å². The van der Waals surface area contributed by atoms with Gasteiger partial charge in [-0.3, -0.25) is 0 Å². The summed E-state index contributed by atoms with van der Waals surface area (Å²) < 4.78 is 5.26. The lowest BCUT2D eigenvalue weighted by molar-refractivity contribution is 0.0216. The van der Waals surface area contributed by atoms with E-state index in [0.717, 1.165) is 69.7 Å². The number of piperidine rings is 1. The highest BCUT2D eigenvalue weighted by molar-refractivity contribution is 6.30. The molecule has 1 atom stereocenters. The number of carbonyl (C=O) groups excluding carboxylic acids is 1. The SMILES string of the molecule is C=C/C(=C/CC/C=C\N)CC(CC)c1ccc(Cl)cc1C.CC.CC(C)(C)OC(=O)N1CCCCC1.CN1CCNCC1. The second-order valence-corrected chi connectivity index (χ2v) is 12.3. The number of piperazine rings is 1. The molecule has 246 valence electrons. The molecule has 0 radical (unpaired) electrons. The third-order valence-electron chi connectivity index (χ3n) is 7.13. The van der Waals surface area contributed by atoms with E-state index >= 15 is 0 Å². The summed E-state index contributed by atoms with van der Waals surface area (Å²) in [5.74, 6) is 0.511. The Morgan fingerprint density at radius 2 is 1.74 bits per heavy atom. The number of nitrogens with zero attached hydrogens (tertiary/aromatic N) is 2. The molecule has 0 bridgehead atoms. The quantitative estimate of drug-likeness (QED) is 0.225. The number of allylic oxidation sites excluding steroid dienone is 4. The molecule has 7 heteroatoms. The molecule has 1 amide bonds. The van der Waals surface area contributed by atoms with Gasteiger partial charge < -0.3 is 25.6 Å². The van der Waals surface area contributed by atoms with Crippen molar-refractivity contribution in [3.8, 4) is 0 Å². The highest BCUT2D eigenvalue weighted by Crippen LogP contribution is 2.31. The molecular weight excluding hydrogens is 556 g/mol. The summed E-state index contributed by atoms with van der Waals surface area (Å²) in [7, 11) is 2.15. The highest BCUT2D eigenvalue weighted by Gasteiger charge is 2.23. The lowest BCUT2D eigenvalue weighted by Gasteiger charge is -2.29. The molecule has 3 rings (SSSR count). The van der Waals surface area contributed by atoms with Gasteiger partial charge in [0, 0.05) is 44.3 Å². The Labute approximate surface area is 269 Å². The minimum atomic E-state index is -0.367. The minimum Gasteiger partial charge on any atom is -0.444 e.